The predicted octanol–water partition coefficient (Wildman–Crippen LogP) is 14.5. The maximum absolute atomic E-state index is 5.27. The second kappa shape index (κ2) is 18.1. The van der Waals surface area contributed by atoms with E-state index >= 15 is 0 Å². The van der Waals surface area contributed by atoms with Gasteiger partial charge in [-0.3, -0.25) is 16.3 Å². The second-order valence-corrected chi connectivity index (χ2v) is 22.7. The van der Waals surface area contributed by atoms with Crippen LogP contribution in [0, 0.1) is 17.4 Å². The number of fused-ring (bicyclic) bond motifs is 3. The first kappa shape index (κ1) is 42.0. The van der Waals surface area contributed by atoms with Crippen LogP contribution in [0.4, 0.5) is 0 Å². The second-order valence-electron chi connectivity index (χ2n) is 16.8. The van der Waals surface area contributed by atoms with Crippen LogP contribution in [0.2, 0.25) is 19.6 Å². The Balaban J connectivity index is 0.000000208. The molecule has 3 heterocycles. The van der Waals surface area contributed by atoms with Gasteiger partial charge in [-0.25, -0.2) is 0 Å². The Labute approximate surface area is 378 Å². The minimum Gasteiger partial charge on any atom is -0.332 e. The average Bonchev–Trinajstić information content (AvgIpc) is 3.86. The molecule has 10 aromatic rings. The Bertz CT molecular complexity index is 3020. The number of imidazole rings is 1. The van der Waals surface area contributed by atoms with Crippen LogP contribution in [0.3, 0.4) is 0 Å². The van der Waals surface area contributed by atoms with E-state index in [2.05, 4.69) is 212 Å². The van der Waals surface area contributed by atoms with Gasteiger partial charge in [0.1, 0.15) is 0 Å². The summed E-state index contributed by atoms with van der Waals surface area (Å²) in [6, 6.07) is 63.1. The first-order valence-electron chi connectivity index (χ1n) is 20.7. The molecule has 10 rings (SSSR count). The third-order valence-electron chi connectivity index (χ3n) is 11.0. The van der Waals surface area contributed by atoms with E-state index in [0.717, 1.165) is 56.9 Å². The van der Waals surface area contributed by atoms with Crippen LogP contribution >= 0.6 is 11.3 Å². The van der Waals surface area contributed by atoms with Gasteiger partial charge in [0.25, 0.3) is 0 Å². The van der Waals surface area contributed by atoms with Gasteiger partial charge in [0.2, 0.25) is 0 Å². The molecule has 7 aromatic carbocycles. The van der Waals surface area contributed by atoms with E-state index < -0.39 is 8.07 Å². The maximum Gasteiger partial charge on any atom is 0.0798 e. The van der Waals surface area contributed by atoms with Crippen molar-refractivity contribution in [1.82, 2.24) is 14.5 Å². The minimum atomic E-state index is -1.34. The van der Waals surface area contributed by atoms with Crippen LogP contribution in [0.5, 0.6) is 0 Å². The average molecular weight is 1000 g/mol. The van der Waals surface area contributed by atoms with Crippen LogP contribution in [0.25, 0.3) is 82.5 Å². The van der Waals surface area contributed by atoms with Crippen molar-refractivity contribution in [1.29, 1.82) is 0 Å². The van der Waals surface area contributed by atoms with Crippen LogP contribution in [0.1, 0.15) is 19.4 Å². The van der Waals surface area contributed by atoms with Crippen LogP contribution in [0.15, 0.2) is 176 Å². The molecule has 1 radical (unpaired) electrons. The number of hydrogen-bond donors (Lipinski definition) is 0. The summed E-state index contributed by atoms with van der Waals surface area (Å²) in [5, 5.41) is 8.79. The molecule has 3 nitrogen and oxygen atoms in total. The van der Waals surface area contributed by atoms with Crippen LogP contribution in [-0.2, 0) is 26.5 Å². The SMILES string of the molecule is CC(C)Cc1cc(-c2[c-]cccc2)ncc1[Si](C)(C)C.[Ir].[c-]1sc2cc3ccccc3cc2c1-c1nc2ccccc2n1-c1c(-c2ccccc2)cccc1-c1ccccc1. The summed E-state index contributed by atoms with van der Waals surface area (Å²) in [7, 11) is -1.34. The molecule has 6 heteroatoms. The van der Waals surface area contributed by atoms with Crippen molar-refractivity contribution < 1.29 is 20.1 Å². The monoisotopic (exact) mass is 1000 g/mol. The fraction of sp³-hybridized carbons (Fsp3) is 0.127. The molecule has 0 saturated heterocycles. The molecule has 0 atom stereocenters. The fourth-order valence-corrected chi connectivity index (χ4v) is 10.7. The number of thiophene rings is 1. The Hall–Kier alpha value is -5.75. The molecular weight excluding hydrogens is 955 g/mol. The quantitative estimate of drug-likeness (QED) is 0.112. The van der Waals surface area contributed by atoms with Crippen molar-refractivity contribution in [2.45, 2.75) is 39.9 Å². The summed E-state index contributed by atoms with van der Waals surface area (Å²) < 4.78 is 3.57. The molecule has 303 valence electrons. The molecule has 0 fully saturated rings. The van der Waals surface area contributed by atoms with Crippen molar-refractivity contribution in [2.24, 2.45) is 5.92 Å². The molecule has 61 heavy (non-hydrogen) atoms. The van der Waals surface area contributed by atoms with Gasteiger partial charge in [0, 0.05) is 37.4 Å². The number of aromatic nitrogens is 3. The van der Waals surface area contributed by atoms with E-state index in [0.29, 0.717) is 5.92 Å². The van der Waals surface area contributed by atoms with E-state index in [4.69, 9.17) is 4.98 Å². The van der Waals surface area contributed by atoms with Crippen molar-refractivity contribution in [3.63, 3.8) is 0 Å². The summed E-state index contributed by atoms with van der Waals surface area (Å²) >= 11 is 1.66. The van der Waals surface area contributed by atoms with E-state index in [-0.39, 0.29) is 20.1 Å². The minimum absolute atomic E-state index is 0. The van der Waals surface area contributed by atoms with Crippen molar-refractivity contribution in [2.75, 3.05) is 0 Å². The zero-order chi connectivity index (χ0) is 41.2. The van der Waals surface area contributed by atoms with Crippen molar-refractivity contribution in [3.05, 3.63) is 193 Å². The van der Waals surface area contributed by atoms with E-state index in [1.54, 1.807) is 11.3 Å². The van der Waals surface area contributed by atoms with Crippen LogP contribution < -0.4 is 5.19 Å². The van der Waals surface area contributed by atoms with Gasteiger partial charge in [0.05, 0.1) is 30.6 Å². The van der Waals surface area contributed by atoms with Crippen LogP contribution in [-0.4, -0.2) is 22.6 Å². The Morgan fingerprint density at radius 2 is 1.30 bits per heavy atom. The van der Waals surface area contributed by atoms with E-state index in [1.807, 2.05) is 18.2 Å². The van der Waals surface area contributed by atoms with Crippen molar-refractivity contribution in [3.8, 4) is 50.6 Å². The molecule has 0 aliphatic carbocycles. The van der Waals surface area contributed by atoms with Gasteiger partial charge in [-0.15, -0.1) is 41.3 Å². The summed E-state index contributed by atoms with van der Waals surface area (Å²) in [6.45, 7) is 11.7. The number of para-hydroxylation sites is 3. The molecule has 0 aliphatic heterocycles. The zero-order valence-electron chi connectivity index (χ0n) is 35.1. The summed E-state index contributed by atoms with van der Waals surface area (Å²) in [6.07, 6.45) is 3.24. The molecule has 0 N–H and O–H groups in total. The van der Waals surface area contributed by atoms with Gasteiger partial charge in [0.15, 0.2) is 0 Å². The van der Waals surface area contributed by atoms with Gasteiger partial charge in [-0.05, 0) is 57.3 Å². The maximum atomic E-state index is 5.27. The normalized spacial score (nSPS) is 11.4. The number of hydrogen-bond acceptors (Lipinski definition) is 3. The largest absolute Gasteiger partial charge is 0.332 e. The molecule has 0 unspecified atom stereocenters. The first-order chi connectivity index (χ1) is 29.2. The topological polar surface area (TPSA) is 30.7 Å². The number of nitrogens with zero attached hydrogens (tertiary/aromatic N) is 3. The standard InChI is InChI=1S/C37H23N2S.C18H24NSi.Ir/c1-3-12-25(13-4-1)29-18-11-19-30(26-14-5-2-6-15-26)36(29)39-34-21-10-9-20-33(34)38-37(39)32-24-40-35-23-28-17-8-7-16-27(28)22-31(32)35;1-14(2)11-16-12-17(15-9-7-6-8-10-15)19-13-18(16)20(3,4)5;/h1-23H;6-9,12-14H,11H2,1-5H3;/q2*-1;. The summed E-state index contributed by atoms with van der Waals surface area (Å²) in [4.78, 5) is 9.96. The van der Waals surface area contributed by atoms with Gasteiger partial charge >= 0.3 is 0 Å². The van der Waals surface area contributed by atoms with E-state index in [9.17, 15) is 0 Å². The molecular formula is C55H47IrN3SSi-2. The number of rotatable bonds is 8. The predicted molar refractivity (Wildman–Crippen MR) is 259 cm³/mol. The van der Waals surface area contributed by atoms with Gasteiger partial charge in [-0.2, -0.15) is 0 Å². The fourth-order valence-electron chi connectivity index (χ4n) is 8.21. The molecule has 0 aliphatic rings. The molecule has 0 amide bonds. The number of benzene rings is 7. The van der Waals surface area contributed by atoms with Crippen molar-refractivity contribution >= 4 is 56.5 Å². The van der Waals surface area contributed by atoms with E-state index in [1.165, 1.54) is 42.7 Å². The molecule has 3 aromatic heterocycles. The summed E-state index contributed by atoms with van der Waals surface area (Å²) in [5.41, 5.74) is 12.5. The number of pyridine rings is 1. The first-order valence-corrected chi connectivity index (χ1v) is 25.1. The van der Waals surface area contributed by atoms with Gasteiger partial charge < -0.3 is 9.55 Å². The Morgan fingerprint density at radius 1 is 0.672 bits per heavy atom. The Morgan fingerprint density at radius 3 is 1.93 bits per heavy atom. The smallest absolute Gasteiger partial charge is 0.0798 e. The molecule has 0 bridgehead atoms. The molecule has 0 spiro atoms. The zero-order valence-corrected chi connectivity index (χ0v) is 39.3. The third kappa shape index (κ3) is 8.73. The van der Waals surface area contributed by atoms with Gasteiger partial charge in [-0.1, -0.05) is 188 Å². The Kier molecular flexibility index (Phi) is 12.4. The third-order valence-corrected chi connectivity index (χ3v) is 13.9. The summed E-state index contributed by atoms with van der Waals surface area (Å²) in [5.74, 6) is 1.57. The molecule has 0 saturated carbocycles.